The van der Waals surface area contributed by atoms with Crippen molar-refractivity contribution in [2.75, 3.05) is 0 Å². The monoisotopic (exact) mass is 237 g/mol. The predicted molar refractivity (Wildman–Crippen MR) is 72.0 cm³/mol. The summed E-state index contributed by atoms with van der Waals surface area (Å²) in [5.74, 6) is -0.202. The summed E-state index contributed by atoms with van der Waals surface area (Å²) in [5.41, 5.74) is 2.61. The van der Waals surface area contributed by atoms with Crippen molar-refractivity contribution in [2.24, 2.45) is 4.99 Å². The molecule has 0 fully saturated rings. The Morgan fingerprint density at radius 2 is 1.89 bits per heavy atom. The van der Waals surface area contributed by atoms with Crippen LogP contribution in [0.4, 0.5) is 0 Å². The zero-order chi connectivity index (χ0) is 12.5. The molecule has 0 unspecified atom stereocenters. The van der Waals surface area contributed by atoms with Gasteiger partial charge < -0.3 is 4.42 Å². The number of fused-ring (bicyclic) bond motifs is 3. The number of nitrogens with zero attached hydrogens (tertiary/aromatic N) is 1. The van der Waals surface area contributed by atoms with E-state index in [2.05, 4.69) is 4.99 Å². The number of rotatable bonds is 1. The van der Waals surface area contributed by atoms with Gasteiger partial charge in [0.05, 0.1) is 0 Å². The van der Waals surface area contributed by atoms with Crippen molar-refractivity contribution < 1.29 is 9.21 Å². The van der Waals surface area contributed by atoms with Crippen LogP contribution in [0.15, 0.2) is 51.9 Å². The second kappa shape index (κ2) is 4.11. The molecule has 3 nitrogen and oxygen atoms in total. The molecule has 0 aliphatic heterocycles. The van der Waals surface area contributed by atoms with Crippen molar-refractivity contribution >= 4 is 34.1 Å². The van der Waals surface area contributed by atoms with E-state index in [1.165, 1.54) is 6.92 Å². The minimum atomic E-state index is -0.202. The molecule has 0 bridgehead atoms. The summed E-state index contributed by atoms with van der Waals surface area (Å²) >= 11 is 0. The Balaban J connectivity index is 2.21. The van der Waals surface area contributed by atoms with Crippen LogP contribution in [0, 0.1) is 0 Å². The zero-order valence-electron chi connectivity index (χ0n) is 9.88. The smallest absolute Gasteiger partial charge is 0.242 e. The Bertz CT molecular complexity index is 768. The first-order valence-electron chi connectivity index (χ1n) is 5.70. The molecule has 3 aromatic rings. The van der Waals surface area contributed by atoms with Gasteiger partial charge in [0.15, 0.2) is 0 Å². The Morgan fingerprint density at radius 3 is 2.72 bits per heavy atom. The fraction of sp³-hybridized carbons (Fsp3) is 0.0667. The van der Waals surface area contributed by atoms with Crippen molar-refractivity contribution in [1.82, 2.24) is 0 Å². The van der Waals surface area contributed by atoms with Crippen molar-refractivity contribution in [2.45, 2.75) is 6.92 Å². The average molecular weight is 237 g/mol. The fourth-order valence-corrected chi connectivity index (χ4v) is 1.99. The largest absolute Gasteiger partial charge is 0.456 e. The SMILES string of the molecule is CC(=O)/N=C/c1ccc2oc3ccccc3c2c1. The van der Waals surface area contributed by atoms with Crippen LogP contribution in [-0.4, -0.2) is 12.1 Å². The lowest BCUT2D eigenvalue weighted by Gasteiger charge is -1.93. The maximum absolute atomic E-state index is 10.8. The number of furan rings is 1. The lowest BCUT2D eigenvalue weighted by molar-refractivity contribution is -0.115. The van der Waals surface area contributed by atoms with E-state index >= 15 is 0 Å². The normalized spacial score (nSPS) is 11.6. The molecule has 1 heterocycles. The van der Waals surface area contributed by atoms with Crippen LogP contribution >= 0.6 is 0 Å². The van der Waals surface area contributed by atoms with Gasteiger partial charge in [0.2, 0.25) is 5.91 Å². The van der Waals surface area contributed by atoms with Crippen LogP contribution in [0.5, 0.6) is 0 Å². The summed E-state index contributed by atoms with van der Waals surface area (Å²) in [4.78, 5) is 14.6. The number of benzene rings is 2. The number of amides is 1. The Labute approximate surface area is 104 Å². The molecule has 0 saturated heterocycles. The first-order chi connectivity index (χ1) is 8.74. The summed E-state index contributed by atoms with van der Waals surface area (Å²) in [7, 11) is 0. The van der Waals surface area contributed by atoms with Crippen LogP contribution in [0.25, 0.3) is 21.9 Å². The molecule has 0 spiro atoms. The van der Waals surface area contributed by atoms with Crippen LogP contribution < -0.4 is 0 Å². The van der Waals surface area contributed by atoms with E-state index in [-0.39, 0.29) is 5.91 Å². The van der Waals surface area contributed by atoms with E-state index in [4.69, 9.17) is 4.42 Å². The highest BCUT2D eigenvalue weighted by atomic mass is 16.3. The number of aliphatic imine (C=N–C) groups is 1. The molecule has 0 aliphatic rings. The van der Waals surface area contributed by atoms with Crippen molar-refractivity contribution in [3.05, 3.63) is 48.0 Å². The van der Waals surface area contributed by atoms with Crippen LogP contribution in [-0.2, 0) is 4.79 Å². The molecule has 0 saturated carbocycles. The number of carbonyl (C=O) groups is 1. The van der Waals surface area contributed by atoms with Crippen molar-refractivity contribution in [3.8, 4) is 0 Å². The number of hydrogen-bond donors (Lipinski definition) is 0. The molecular formula is C15H11NO2. The number of para-hydroxylation sites is 1. The van der Waals surface area contributed by atoms with E-state index in [0.29, 0.717) is 0 Å². The van der Waals surface area contributed by atoms with Gasteiger partial charge in [-0.25, -0.2) is 4.99 Å². The average Bonchev–Trinajstić information content (AvgIpc) is 2.74. The van der Waals surface area contributed by atoms with Gasteiger partial charge in [0.25, 0.3) is 0 Å². The second-order valence-corrected chi connectivity index (χ2v) is 4.13. The molecular weight excluding hydrogens is 226 g/mol. The van der Waals surface area contributed by atoms with E-state index in [9.17, 15) is 4.79 Å². The third kappa shape index (κ3) is 1.80. The standard InChI is InChI=1S/C15H11NO2/c1-10(17)16-9-11-6-7-15-13(8-11)12-4-2-3-5-14(12)18-15/h2-9H,1H3/b16-9+. The molecule has 0 atom stereocenters. The predicted octanol–water partition coefficient (Wildman–Crippen LogP) is 3.55. The lowest BCUT2D eigenvalue weighted by atomic mass is 10.1. The minimum Gasteiger partial charge on any atom is -0.456 e. The molecule has 0 aliphatic carbocycles. The molecule has 88 valence electrons. The van der Waals surface area contributed by atoms with Gasteiger partial charge in [-0.2, -0.15) is 0 Å². The molecule has 3 heteroatoms. The number of hydrogen-bond acceptors (Lipinski definition) is 2. The summed E-state index contributed by atoms with van der Waals surface area (Å²) in [6.07, 6.45) is 1.57. The summed E-state index contributed by atoms with van der Waals surface area (Å²) < 4.78 is 5.72. The Hall–Kier alpha value is -2.42. The van der Waals surface area contributed by atoms with Crippen LogP contribution in [0.1, 0.15) is 12.5 Å². The van der Waals surface area contributed by atoms with Gasteiger partial charge in [-0.15, -0.1) is 0 Å². The summed E-state index contributed by atoms with van der Waals surface area (Å²) in [5, 5.41) is 2.11. The molecule has 3 rings (SSSR count). The summed E-state index contributed by atoms with van der Waals surface area (Å²) in [6.45, 7) is 1.43. The van der Waals surface area contributed by atoms with Crippen LogP contribution in [0.3, 0.4) is 0 Å². The molecule has 1 amide bonds. The first-order valence-corrected chi connectivity index (χ1v) is 5.70. The maximum Gasteiger partial charge on any atom is 0.242 e. The highest BCUT2D eigenvalue weighted by Gasteiger charge is 2.05. The summed E-state index contributed by atoms with van der Waals surface area (Å²) in [6, 6.07) is 13.7. The Kier molecular flexibility index (Phi) is 2.45. The Morgan fingerprint density at radius 1 is 1.11 bits per heavy atom. The van der Waals surface area contributed by atoms with Gasteiger partial charge in [-0.1, -0.05) is 18.2 Å². The van der Waals surface area contributed by atoms with Crippen LogP contribution in [0.2, 0.25) is 0 Å². The minimum absolute atomic E-state index is 0.202. The zero-order valence-corrected chi connectivity index (χ0v) is 9.88. The van der Waals surface area contributed by atoms with E-state index in [0.717, 1.165) is 27.5 Å². The lowest BCUT2D eigenvalue weighted by Crippen LogP contribution is -1.86. The van der Waals surface area contributed by atoms with E-state index < -0.39 is 0 Å². The molecule has 0 N–H and O–H groups in total. The topological polar surface area (TPSA) is 42.6 Å². The highest BCUT2D eigenvalue weighted by Crippen LogP contribution is 2.28. The van der Waals surface area contributed by atoms with Gasteiger partial charge in [-0.05, 0) is 29.8 Å². The highest BCUT2D eigenvalue weighted by molar-refractivity contribution is 6.06. The molecule has 1 aromatic heterocycles. The van der Waals surface area contributed by atoms with Gasteiger partial charge in [0, 0.05) is 23.9 Å². The third-order valence-corrected chi connectivity index (χ3v) is 2.80. The number of carbonyl (C=O) groups excluding carboxylic acids is 1. The maximum atomic E-state index is 10.8. The van der Waals surface area contributed by atoms with Gasteiger partial charge in [0.1, 0.15) is 11.2 Å². The van der Waals surface area contributed by atoms with Crippen molar-refractivity contribution in [3.63, 3.8) is 0 Å². The molecule has 18 heavy (non-hydrogen) atoms. The van der Waals surface area contributed by atoms with Crippen molar-refractivity contribution in [1.29, 1.82) is 0 Å². The van der Waals surface area contributed by atoms with Gasteiger partial charge in [-0.3, -0.25) is 4.79 Å². The fourth-order valence-electron chi connectivity index (χ4n) is 1.99. The second-order valence-electron chi connectivity index (χ2n) is 4.13. The van der Waals surface area contributed by atoms with E-state index in [1.807, 2.05) is 42.5 Å². The molecule has 2 aromatic carbocycles. The first kappa shape index (κ1) is 10.7. The molecule has 0 radical (unpaired) electrons. The van der Waals surface area contributed by atoms with E-state index in [1.54, 1.807) is 6.21 Å². The van der Waals surface area contributed by atoms with Gasteiger partial charge >= 0.3 is 0 Å². The quantitative estimate of drug-likeness (QED) is 0.607. The third-order valence-electron chi connectivity index (χ3n) is 2.80.